The van der Waals surface area contributed by atoms with Crippen molar-refractivity contribution in [2.24, 2.45) is 11.8 Å². The summed E-state index contributed by atoms with van der Waals surface area (Å²) in [7, 11) is 1.41. The summed E-state index contributed by atoms with van der Waals surface area (Å²) in [6.07, 6.45) is 2.47. The van der Waals surface area contributed by atoms with Gasteiger partial charge in [-0.1, -0.05) is 0 Å². The van der Waals surface area contributed by atoms with E-state index in [2.05, 4.69) is 0 Å². The van der Waals surface area contributed by atoms with Crippen molar-refractivity contribution in [2.45, 2.75) is 51.7 Å². The molecule has 0 spiro atoms. The van der Waals surface area contributed by atoms with Crippen LogP contribution < -0.4 is 0 Å². The lowest BCUT2D eigenvalue weighted by Gasteiger charge is -2.48. The van der Waals surface area contributed by atoms with E-state index in [1.807, 2.05) is 20.8 Å². The third kappa shape index (κ3) is 3.01. The lowest BCUT2D eigenvalue weighted by molar-refractivity contribution is -0.153. The van der Waals surface area contributed by atoms with Gasteiger partial charge in [0, 0.05) is 12.6 Å². The number of rotatable bonds is 1. The number of ether oxygens (including phenoxy) is 2. The van der Waals surface area contributed by atoms with Crippen LogP contribution in [-0.4, -0.2) is 42.3 Å². The standard InChI is InChI=1S/C14H23NO4/c1-14(2,3)19-13(17)15-8-9-5-6-11(15)10(7-9)12(16)18-4/h9-11H,5-8H2,1-4H3/t9-,10+,11-/m1/s1. The molecule has 1 amide bonds. The summed E-state index contributed by atoms with van der Waals surface area (Å²) in [4.78, 5) is 25.7. The zero-order valence-corrected chi connectivity index (χ0v) is 12.1. The lowest BCUT2D eigenvalue weighted by Crippen LogP contribution is -2.58. The van der Waals surface area contributed by atoms with E-state index in [9.17, 15) is 9.59 Å². The fourth-order valence-electron chi connectivity index (χ4n) is 3.13. The van der Waals surface area contributed by atoms with Crippen molar-refractivity contribution in [3.05, 3.63) is 0 Å². The predicted octanol–water partition coefficient (Wildman–Crippen LogP) is 2.20. The monoisotopic (exact) mass is 269 g/mol. The summed E-state index contributed by atoms with van der Waals surface area (Å²) in [5, 5.41) is 0. The molecule has 1 saturated carbocycles. The molecule has 2 aliphatic heterocycles. The molecule has 2 heterocycles. The molecule has 3 atom stereocenters. The van der Waals surface area contributed by atoms with Gasteiger partial charge in [-0.15, -0.1) is 0 Å². The van der Waals surface area contributed by atoms with Gasteiger partial charge in [-0.25, -0.2) is 4.79 Å². The molecule has 3 fully saturated rings. The van der Waals surface area contributed by atoms with E-state index in [1.165, 1.54) is 7.11 Å². The number of hydrogen-bond acceptors (Lipinski definition) is 4. The van der Waals surface area contributed by atoms with Gasteiger partial charge < -0.3 is 14.4 Å². The average Bonchev–Trinajstić information content (AvgIpc) is 2.36. The summed E-state index contributed by atoms with van der Waals surface area (Å²) in [5.74, 6) is -0.00500. The van der Waals surface area contributed by atoms with Gasteiger partial charge in [0.05, 0.1) is 13.0 Å². The number of carbonyl (C=O) groups is 2. The minimum atomic E-state index is -0.505. The van der Waals surface area contributed by atoms with E-state index >= 15 is 0 Å². The van der Waals surface area contributed by atoms with Gasteiger partial charge in [0.15, 0.2) is 0 Å². The first-order valence-corrected chi connectivity index (χ1v) is 6.89. The van der Waals surface area contributed by atoms with Gasteiger partial charge in [0.1, 0.15) is 5.60 Å². The van der Waals surface area contributed by atoms with Crippen LogP contribution >= 0.6 is 0 Å². The van der Waals surface area contributed by atoms with Gasteiger partial charge in [-0.05, 0) is 46.0 Å². The molecular weight excluding hydrogens is 246 g/mol. The summed E-state index contributed by atoms with van der Waals surface area (Å²) in [6, 6.07) is -0.0627. The van der Waals surface area contributed by atoms with Crippen molar-refractivity contribution in [3.8, 4) is 0 Å². The molecule has 0 N–H and O–H groups in total. The Balaban J connectivity index is 2.10. The van der Waals surface area contributed by atoms with Crippen LogP contribution in [0.2, 0.25) is 0 Å². The normalized spacial score (nSPS) is 30.1. The average molecular weight is 269 g/mol. The number of piperidine rings is 2. The molecule has 0 aromatic carbocycles. The lowest BCUT2D eigenvalue weighted by atomic mass is 9.73. The highest BCUT2D eigenvalue weighted by Crippen LogP contribution is 2.40. The van der Waals surface area contributed by atoms with Gasteiger partial charge in [0.2, 0.25) is 0 Å². The van der Waals surface area contributed by atoms with Crippen LogP contribution in [0.4, 0.5) is 4.79 Å². The first-order valence-electron chi connectivity index (χ1n) is 6.89. The third-order valence-electron chi connectivity index (χ3n) is 3.91. The van der Waals surface area contributed by atoms with Crippen molar-refractivity contribution in [2.75, 3.05) is 13.7 Å². The molecule has 0 unspecified atom stereocenters. The van der Waals surface area contributed by atoms with E-state index in [0.717, 1.165) is 19.3 Å². The number of nitrogens with zero attached hydrogens (tertiary/aromatic N) is 1. The second-order valence-corrected chi connectivity index (χ2v) is 6.51. The third-order valence-corrected chi connectivity index (χ3v) is 3.91. The SMILES string of the molecule is COC(=O)[C@H]1C[C@H]2CC[C@H]1N(C(=O)OC(C)(C)C)C2. The highest BCUT2D eigenvalue weighted by Gasteiger charge is 2.47. The number of esters is 1. The summed E-state index contributed by atoms with van der Waals surface area (Å²) in [6.45, 7) is 6.26. The van der Waals surface area contributed by atoms with Crippen LogP contribution in [0.3, 0.4) is 0 Å². The molecule has 108 valence electrons. The van der Waals surface area contributed by atoms with E-state index in [0.29, 0.717) is 12.5 Å². The molecule has 5 heteroatoms. The van der Waals surface area contributed by atoms with Gasteiger partial charge >= 0.3 is 12.1 Å². The summed E-state index contributed by atoms with van der Waals surface area (Å²) in [5.41, 5.74) is -0.505. The Labute approximate surface area is 114 Å². The molecule has 3 rings (SSSR count). The molecule has 0 radical (unpaired) electrons. The Bertz CT molecular complexity index is 374. The smallest absolute Gasteiger partial charge is 0.410 e. The largest absolute Gasteiger partial charge is 0.469 e. The second kappa shape index (κ2) is 5.02. The van der Waals surface area contributed by atoms with Crippen LogP contribution in [0.1, 0.15) is 40.0 Å². The summed E-state index contributed by atoms with van der Waals surface area (Å²) >= 11 is 0. The van der Waals surface area contributed by atoms with E-state index in [4.69, 9.17) is 9.47 Å². The van der Waals surface area contributed by atoms with E-state index in [-0.39, 0.29) is 24.0 Å². The Kier molecular flexibility index (Phi) is 3.74. The van der Waals surface area contributed by atoms with Crippen LogP contribution in [0.25, 0.3) is 0 Å². The molecule has 1 aliphatic carbocycles. The van der Waals surface area contributed by atoms with Gasteiger partial charge in [0.25, 0.3) is 0 Å². The Hall–Kier alpha value is -1.26. The molecule has 5 nitrogen and oxygen atoms in total. The van der Waals surface area contributed by atoms with Crippen molar-refractivity contribution < 1.29 is 19.1 Å². The van der Waals surface area contributed by atoms with Crippen LogP contribution in [0.15, 0.2) is 0 Å². The van der Waals surface area contributed by atoms with Crippen molar-refractivity contribution in [3.63, 3.8) is 0 Å². The molecule has 0 aromatic heterocycles. The van der Waals surface area contributed by atoms with Crippen molar-refractivity contribution >= 4 is 12.1 Å². The second-order valence-electron chi connectivity index (χ2n) is 6.51. The summed E-state index contributed by atoms with van der Waals surface area (Å²) < 4.78 is 10.3. The quantitative estimate of drug-likeness (QED) is 0.685. The van der Waals surface area contributed by atoms with Gasteiger partial charge in [-0.2, -0.15) is 0 Å². The highest BCUT2D eigenvalue weighted by atomic mass is 16.6. The minimum absolute atomic E-state index is 0.0627. The molecule has 19 heavy (non-hydrogen) atoms. The molecular formula is C14H23NO4. The molecule has 3 aliphatic rings. The van der Waals surface area contributed by atoms with Crippen LogP contribution in [-0.2, 0) is 14.3 Å². The van der Waals surface area contributed by atoms with Crippen LogP contribution in [0.5, 0.6) is 0 Å². The van der Waals surface area contributed by atoms with Gasteiger partial charge in [-0.3, -0.25) is 4.79 Å². The minimum Gasteiger partial charge on any atom is -0.469 e. The van der Waals surface area contributed by atoms with E-state index < -0.39 is 5.60 Å². The molecule has 0 aromatic rings. The first-order chi connectivity index (χ1) is 8.81. The number of carbonyl (C=O) groups excluding carboxylic acids is 2. The maximum atomic E-state index is 12.2. The number of hydrogen-bond donors (Lipinski definition) is 0. The van der Waals surface area contributed by atoms with Crippen LogP contribution in [0, 0.1) is 11.8 Å². The topological polar surface area (TPSA) is 55.8 Å². The Morgan fingerprint density at radius 1 is 1.21 bits per heavy atom. The molecule has 2 bridgehead atoms. The maximum Gasteiger partial charge on any atom is 0.410 e. The highest BCUT2D eigenvalue weighted by molar-refractivity contribution is 5.76. The zero-order chi connectivity index (χ0) is 14.2. The number of methoxy groups -OCH3 is 1. The number of amides is 1. The predicted molar refractivity (Wildman–Crippen MR) is 69.6 cm³/mol. The van der Waals surface area contributed by atoms with Crippen molar-refractivity contribution in [1.82, 2.24) is 4.90 Å². The fourth-order valence-corrected chi connectivity index (χ4v) is 3.13. The fraction of sp³-hybridized carbons (Fsp3) is 0.857. The maximum absolute atomic E-state index is 12.2. The Morgan fingerprint density at radius 2 is 1.89 bits per heavy atom. The number of fused-ring (bicyclic) bond motifs is 3. The first kappa shape index (κ1) is 14.2. The van der Waals surface area contributed by atoms with Crippen molar-refractivity contribution in [1.29, 1.82) is 0 Å². The Morgan fingerprint density at radius 3 is 2.42 bits per heavy atom. The molecule has 2 saturated heterocycles. The zero-order valence-electron chi connectivity index (χ0n) is 12.1. The van der Waals surface area contributed by atoms with E-state index in [1.54, 1.807) is 4.90 Å².